The second kappa shape index (κ2) is 7.77. The summed E-state index contributed by atoms with van der Waals surface area (Å²) >= 11 is 0. The maximum Gasteiger partial charge on any atom is 0.132 e. The molecule has 1 saturated heterocycles. The number of benzene rings is 1. The topological polar surface area (TPSA) is 45.4 Å². The maximum atomic E-state index is 6.09. The summed E-state index contributed by atoms with van der Waals surface area (Å²) in [6.07, 6.45) is 1.98. The highest BCUT2D eigenvalue weighted by Gasteiger charge is 2.26. The van der Waals surface area contributed by atoms with Crippen molar-refractivity contribution in [3.8, 4) is 0 Å². The van der Waals surface area contributed by atoms with E-state index in [9.17, 15) is 0 Å². The highest BCUT2D eigenvalue weighted by molar-refractivity contribution is 5.85. The minimum atomic E-state index is 0. The smallest absolute Gasteiger partial charge is 0.132 e. The summed E-state index contributed by atoms with van der Waals surface area (Å²) < 4.78 is 0. The van der Waals surface area contributed by atoms with Crippen molar-refractivity contribution in [2.75, 3.05) is 25.0 Å². The molecule has 2 N–H and O–H groups in total. The van der Waals surface area contributed by atoms with Crippen LogP contribution in [-0.4, -0.2) is 36.1 Å². The van der Waals surface area contributed by atoms with Gasteiger partial charge < -0.3 is 10.6 Å². The first-order valence-corrected chi connectivity index (χ1v) is 7.85. The lowest BCUT2D eigenvalue weighted by atomic mass is 10.1. The zero-order chi connectivity index (χ0) is 15.5. The fourth-order valence-corrected chi connectivity index (χ4v) is 2.98. The summed E-state index contributed by atoms with van der Waals surface area (Å²) in [5.74, 6) is 1.54. The molecule has 1 fully saturated rings. The molecule has 2 aromatic rings. The minimum absolute atomic E-state index is 0. The Hall–Kier alpha value is -1.62. The highest BCUT2D eigenvalue weighted by Crippen LogP contribution is 2.22. The van der Waals surface area contributed by atoms with E-state index in [4.69, 9.17) is 5.73 Å². The number of nitrogens with two attached hydrogens (primary N) is 1. The van der Waals surface area contributed by atoms with Gasteiger partial charge >= 0.3 is 0 Å². The van der Waals surface area contributed by atoms with Gasteiger partial charge in [0.15, 0.2) is 0 Å². The largest absolute Gasteiger partial charge is 0.329 e. The van der Waals surface area contributed by atoms with Gasteiger partial charge in [-0.3, -0.25) is 4.90 Å². The normalized spacial score (nSPS) is 21.0. The maximum absolute atomic E-state index is 6.09. The van der Waals surface area contributed by atoms with Crippen molar-refractivity contribution in [3.05, 3.63) is 54.2 Å². The van der Waals surface area contributed by atoms with E-state index >= 15 is 0 Å². The van der Waals surface area contributed by atoms with E-state index in [1.807, 2.05) is 31.4 Å². The Kier molecular flexibility index (Phi) is 5.99. The zero-order valence-electron chi connectivity index (χ0n) is 13.7. The van der Waals surface area contributed by atoms with Gasteiger partial charge in [0.2, 0.25) is 0 Å². The lowest BCUT2D eigenvalue weighted by Crippen LogP contribution is -2.28. The fraction of sp³-hybridized carbons (Fsp3) is 0.389. The van der Waals surface area contributed by atoms with Gasteiger partial charge in [0.1, 0.15) is 5.82 Å². The minimum Gasteiger partial charge on any atom is -0.329 e. The van der Waals surface area contributed by atoms with E-state index in [-0.39, 0.29) is 12.4 Å². The Bertz CT molecular complexity index is 592. The average Bonchev–Trinajstić information content (AvgIpc) is 2.86. The van der Waals surface area contributed by atoms with Crippen LogP contribution < -0.4 is 10.6 Å². The molecule has 0 aliphatic carbocycles. The van der Waals surface area contributed by atoms with Crippen LogP contribution in [0.5, 0.6) is 0 Å². The van der Waals surface area contributed by atoms with Crippen molar-refractivity contribution in [1.29, 1.82) is 0 Å². The van der Waals surface area contributed by atoms with Crippen molar-refractivity contribution in [2.45, 2.75) is 19.5 Å². The summed E-state index contributed by atoms with van der Waals surface area (Å²) in [6, 6.07) is 14.8. The van der Waals surface area contributed by atoms with Crippen LogP contribution in [0.25, 0.3) is 0 Å². The fourth-order valence-electron chi connectivity index (χ4n) is 2.98. The highest BCUT2D eigenvalue weighted by atomic mass is 35.5. The Morgan fingerprint density at radius 3 is 2.48 bits per heavy atom. The number of hydrogen-bond acceptors (Lipinski definition) is 4. The van der Waals surface area contributed by atoms with Crippen molar-refractivity contribution < 1.29 is 0 Å². The Morgan fingerprint density at radius 2 is 1.91 bits per heavy atom. The summed E-state index contributed by atoms with van der Waals surface area (Å²) in [7, 11) is 2.04. The predicted molar refractivity (Wildman–Crippen MR) is 98.4 cm³/mol. The standard InChI is InChI=1S/C18H24N4.ClH/c1-14-11-22(13-17(14)19)12-15-8-9-18(20-10-15)21(2)16-6-4-3-5-7-16;/h3-10,14,17H,11-13,19H2,1-2H3;1H. The number of halogens is 1. The van der Waals surface area contributed by atoms with E-state index in [0.717, 1.165) is 31.1 Å². The van der Waals surface area contributed by atoms with E-state index < -0.39 is 0 Å². The van der Waals surface area contributed by atoms with Crippen molar-refractivity contribution in [3.63, 3.8) is 0 Å². The van der Waals surface area contributed by atoms with Crippen LogP contribution >= 0.6 is 12.4 Å². The van der Waals surface area contributed by atoms with E-state index in [1.54, 1.807) is 0 Å². The number of para-hydroxylation sites is 1. The molecule has 0 amide bonds. The van der Waals surface area contributed by atoms with Crippen LogP contribution in [0.3, 0.4) is 0 Å². The molecule has 1 aliphatic rings. The van der Waals surface area contributed by atoms with Gasteiger partial charge in [0, 0.05) is 44.6 Å². The van der Waals surface area contributed by atoms with Gasteiger partial charge in [-0.15, -0.1) is 12.4 Å². The third-order valence-electron chi connectivity index (χ3n) is 4.45. The molecule has 2 heterocycles. The summed E-state index contributed by atoms with van der Waals surface area (Å²) in [4.78, 5) is 9.11. The van der Waals surface area contributed by atoms with Crippen LogP contribution in [0.4, 0.5) is 11.5 Å². The first-order valence-electron chi connectivity index (χ1n) is 7.85. The number of likely N-dealkylation sites (tertiary alicyclic amines) is 1. The summed E-state index contributed by atoms with van der Waals surface area (Å²) in [5, 5.41) is 0. The molecule has 1 aromatic carbocycles. The third kappa shape index (κ3) is 4.22. The van der Waals surface area contributed by atoms with Crippen molar-refractivity contribution >= 4 is 23.9 Å². The molecule has 0 bridgehead atoms. The Morgan fingerprint density at radius 1 is 1.17 bits per heavy atom. The second-order valence-corrected chi connectivity index (χ2v) is 6.25. The number of aromatic nitrogens is 1. The molecule has 0 radical (unpaired) electrons. The van der Waals surface area contributed by atoms with Gasteiger partial charge in [-0.2, -0.15) is 0 Å². The zero-order valence-corrected chi connectivity index (χ0v) is 14.5. The molecule has 2 atom stereocenters. The summed E-state index contributed by atoms with van der Waals surface area (Å²) in [5.41, 5.74) is 8.47. The van der Waals surface area contributed by atoms with Crippen LogP contribution in [0.1, 0.15) is 12.5 Å². The molecule has 1 aliphatic heterocycles. The molecule has 1 aromatic heterocycles. The van der Waals surface area contributed by atoms with Crippen LogP contribution in [0, 0.1) is 5.92 Å². The van der Waals surface area contributed by atoms with Crippen LogP contribution in [0.15, 0.2) is 48.7 Å². The summed E-state index contributed by atoms with van der Waals surface area (Å²) in [6.45, 7) is 5.21. The van der Waals surface area contributed by atoms with Gasteiger partial charge in [-0.25, -0.2) is 4.98 Å². The molecular weight excluding hydrogens is 308 g/mol. The number of anilines is 2. The van der Waals surface area contributed by atoms with Gasteiger partial charge in [0.05, 0.1) is 0 Å². The third-order valence-corrected chi connectivity index (χ3v) is 4.45. The number of pyridine rings is 1. The van der Waals surface area contributed by atoms with Gasteiger partial charge in [0.25, 0.3) is 0 Å². The lowest BCUT2D eigenvalue weighted by Gasteiger charge is -2.19. The van der Waals surface area contributed by atoms with E-state index in [2.05, 4.69) is 46.0 Å². The average molecular weight is 333 g/mol. The van der Waals surface area contributed by atoms with Crippen molar-refractivity contribution in [2.24, 2.45) is 11.7 Å². The lowest BCUT2D eigenvalue weighted by molar-refractivity contribution is 0.318. The van der Waals surface area contributed by atoms with Crippen LogP contribution in [-0.2, 0) is 6.54 Å². The van der Waals surface area contributed by atoms with E-state index in [0.29, 0.717) is 12.0 Å². The first-order chi connectivity index (χ1) is 10.6. The molecular formula is C18H25ClN4. The van der Waals surface area contributed by atoms with Crippen LogP contribution in [0.2, 0.25) is 0 Å². The first kappa shape index (κ1) is 17.7. The number of rotatable bonds is 4. The molecule has 0 spiro atoms. The Balaban J connectivity index is 0.00000192. The molecule has 5 heteroatoms. The van der Waals surface area contributed by atoms with Gasteiger partial charge in [-0.05, 0) is 29.7 Å². The number of nitrogens with zero attached hydrogens (tertiary/aromatic N) is 3. The van der Waals surface area contributed by atoms with Gasteiger partial charge in [-0.1, -0.05) is 31.2 Å². The van der Waals surface area contributed by atoms with Crippen molar-refractivity contribution in [1.82, 2.24) is 9.88 Å². The number of hydrogen-bond donors (Lipinski definition) is 1. The Labute approximate surface area is 144 Å². The monoisotopic (exact) mass is 332 g/mol. The SMILES string of the molecule is CC1CN(Cc2ccc(N(C)c3ccccc3)nc2)CC1N.Cl. The molecule has 2 unspecified atom stereocenters. The van der Waals surface area contributed by atoms with E-state index in [1.165, 1.54) is 5.56 Å². The molecule has 3 rings (SSSR count). The predicted octanol–water partition coefficient (Wildman–Crippen LogP) is 3.05. The molecule has 23 heavy (non-hydrogen) atoms. The quantitative estimate of drug-likeness (QED) is 0.934. The molecule has 0 saturated carbocycles. The second-order valence-electron chi connectivity index (χ2n) is 6.25. The molecule has 4 nitrogen and oxygen atoms in total. The molecule has 124 valence electrons.